The van der Waals surface area contributed by atoms with Gasteiger partial charge in [0, 0.05) is 31.1 Å². The third kappa shape index (κ3) is 4.72. The number of piperidine rings is 1. The van der Waals surface area contributed by atoms with E-state index in [0.29, 0.717) is 30.3 Å². The summed E-state index contributed by atoms with van der Waals surface area (Å²) in [4.78, 5) is 22.4. The second-order valence-corrected chi connectivity index (χ2v) is 7.86. The Morgan fingerprint density at radius 2 is 2.00 bits per heavy atom. The Balaban J connectivity index is 1.59. The maximum Gasteiger partial charge on any atom is 0.471 e. The number of amides is 1. The van der Waals surface area contributed by atoms with Gasteiger partial charge in [0.15, 0.2) is 11.6 Å². The van der Waals surface area contributed by atoms with Crippen LogP contribution in [-0.2, 0) is 4.79 Å². The molecule has 166 valence electrons. The molecule has 1 aromatic carbocycles. The normalized spacial score (nSPS) is 21.6. The molecule has 1 saturated carbocycles. The zero-order valence-corrected chi connectivity index (χ0v) is 16.8. The molecule has 1 aliphatic carbocycles. The minimum Gasteiger partial charge on any atom is -0.494 e. The average molecular weight is 438 g/mol. The standard InChI is InChI=1S/C21H22F4N4O2/c1-31-17-5-4-13(10-15(17)22)14-7-9-29(11-16(14)27-20(30)21(23,24)25)18-6-8-26-19(28-18)12-2-3-12/h4-6,8,10,12,14,16H,2-3,7,9,11H2,1H3,(H,27,30). The molecule has 1 aliphatic heterocycles. The number of nitrogens with zero attached hydrogens (tertiary/aromatic N) is 3. The summed E-state index contributed by atoms with van der Waals surface area (Å²) in [5.74, 6) is -1.39. The van der Waals surface area contributed by atoms with Crippen molar-refractivity contribution in [1.29, 1.82) is 0 Å². The number of ether oxygens (including phenoxy) is 1. The van der Waals surface area contributed by atoms with E-state index in [1.165, 1.54) is 19.2 Å². The van der Waals surface area contributed by atoms with Gasteiger partial charge in [-0.2, -0.15) is 13.2 Å². The van der Waals surface area contributed by atoms with Crippen LogP contribution in [0.2, 0.25) is 0 Å². The van der Waals surface area contributed by atoms with E-state index in [2.05, 4.69) is 15.3 Å². The van der Waals surface area contributed by atoms with Crippen molar-refractivity contribution in [2.24, 2.45) is 0 Å². The summed E-state index contributed by atoms with van der Waals surface area (Å²) in [5.41, 5.74) is 0.506. The molecule has 2 heterocycles. The van der Waals surface area contributed by atoms with Crippen LogP contribution in [0.25, 0.3) is 0 Å². The number of rotatable bonds is 5. The number of aromatic nitrogens is 2. The maximum absolute atomic E-state index is 14.2. The zero-order valence-electron chi connectivity index (χ0n) is 16.8. The quantitative estimate of drug-likeness (QED) is 0.724. The van der Waals surface area contributed by atoms with Crippen LogP contribution >= 0.6 is 0 Å². The third-order valence-electron chi connectivity index (χ3n) is 5.72. The summed E-state index contributed by atoms with van der Waals surface area (Å²) in [6.45, 7) is 0.610. The zero-order chi connectivity index (χ0) is 22.2. The number of alkyl halides is 3. The van der Waals surface area contributed by atoms with Crippen molar-refractivity contribution < 1.29 is 27.1 Å². The molecule has 0 spiro atoms. The van der Waals surface area contributed by atoms with Gasteiger partial charge in [-0.05, 0) is 43.0 Å². The number of nitrogens with one attached hydrogen (secondary N) is 1. The SMILES string of the molecule is COc1ccc(C2CCN(c3ccnc(C4CC4)n3)CC2NC(=O)C(F)(F)F)cc1F. The fourth-order valence-corrected chi connectivity index (χ4v) is 3.95. The molecule has 2 aromatic rings. The Morgan fingerprint density at radius 1 is 1.23 bits per heavy atom. The number of anilines is 1. The summed E-state index contributed by atoms with van der Waals surface area (Å²) in [5, 5.41) is 2.10. The number of hydrogen-bond donors (Lipinski definition) is 1. The molecular weight excluding hydrogens is 416 g/mol. The second-order valence-electron chi connectivity index (χ2n) is 7.86. The van der Waals surface area contributed by atoms with Crippen LogP contribution in [0.5, 0.6) is 5.75 Å². The van der Waals surface area contributed by atoms with Gasteiger partial charge in [-0.3, -0.25) is 4.79 Å². The molecule has 1 N–H and O–H groups in total. The van der Waals surface area contributed by atoms with Crippen molar-refractivity contribution in [3.8, 4) is 5.75 Å². The van der Waals surface area contributed by atoms with Crippen molar-refractivity contribution in [2.75, 3.05) is 25.1 Å². The Hall–Kier alpha value is -2.91. The summed E-state index contributed by atoms with van der Waals surface area (Å²) < 4.78 is 58.0. The Morgan fingerprint density at radius 3 is 2.65 bits per heavy atom. The number of carbonyl (C=O) groups is 1. The van der Waals surface area contributed by atoms with Gasteiger partial charge in [0.05, 0.1) is 13.2 Å². The van der Waals surface area contributed by atoms with Gasteiger partial charge in [0.1, 0.15) is 11.6 Å². The van der Waals surface area contributed by atoms with Crippen molar-refractivity contribution >= 4 is 11.7 Å². The first-order chi connectivity index (χ1) is 14.8. The monoisotopic (exact) mass is 438 g/mol. The van der Waals surface area contributed by atoms with Crippen molar-refractivity contribution in [3.05, 3.63) is 47.7 Å². The van der Waals surface area contributed by atoms with Gasteiger partial charge in [-0.25, -0.2) is 14.4 Å². The lowest BCUT2D eigenvalue weighted by atomic mass is 9.85. The lowest BCUT2D eigenvalue weighted by Crippen LogP contribution is -2.54. The molecule has 2 atom stereocenters. The fraction of sp³-hybridized carbons (Fsp3) is 0.476. The minimum atomic E-state index is -5.01. The first-order valence-electron chi connectivity index (χ1n) is 10.0. The van der Waals surface area contributed by atoms with Gasteiger partial charge in [-0.15, -0.1) is 0 Å². The number of hydrogen-bond acceptors (Lipinski definition) is 5. The van der Waals surface area contributed by atoms with Crippen LogP contribution in [0.1, 0.15) is 42.5 Å². The molecule has 1 amide bonds. The highest BCUT2D eigenvalue weighted by atomic mass is 19.4. The molecule has 2 aliphatic rings. The number of benzene rings is 1. The maximum atomic E-state index is 14.2. The predicted molar refractivity (Wildman–Crippen MR) is 105 cm³/mol. The molecule has 4 rings (SSSR count). The predicted octanol–water partition coefficient (Wildman–Crippen LogP) is 3.54. The summed E-state index contributed by atoms with van der Waals surface area (Å²) in [6.07, 6.45) is -0.898. The van der Waals surface area contributed by atoms with Crippen LogP contribution in [0.15, 0.2) is 30.5 Å². The van der Waals surface area contributed by atoms with E-state index in [1.807, 2.05) is 4.90 Å². The molecule has 2 fully saturated rings. The largest absolute Gasteiger partial charge is 0.494 e. The van der Waals surface area contributed by atoms with E-state index in [4.69, 9.17) is 4.74 Å². The van der Waals surface area contributed by atoms with E-state index in [0.717, 1.165) is 18.7 Å². The highest BCUT2D eigenvalue weighted by Gasteiger charge is 2.42. The first kappa shape index (κ1) is 21.3. The lowest BCUT2D eigenvalue weighted by molar-refractivity contribution is -0.174. The Bertz CT molecular complexity index is 965. The Kier molecular flexibility index (Phi) is 5.72. The molecular formula is C21H22F4N4O2. The van der Waals surface area contributed by atoms with Gasteiger partial charge < -0.3 is 15.0 Å². The van der Waals surface area contributed by atoms with Crippen molar-refractivity contribution in [3.63, 3.8) is 0 Å². The lowest BCUT2D eigenvalue weighted by Gasteiger charge is -2.40. The van der Waals surface area contributed by atoms with Gasteiger partial charge in [0.25, 0.3) is 0 Å². The summed E-state index contributed by atoms with van der Waals surface area (Å²) in [7, 11) is 1.33. The van der Waals surface area contributed by atoms with Crippen LogP contribution < -0.4 is 15.0 Å². The van der Waals surface area contributed by atoms with E-state index in [9.17, 15) is 22.4 Å². The van der Waals surface area contributed by atoms with Crippen LogP contribution in [0.3, 0.4) is 0 Å². The molecule has 31 heavy (non-hydrogen) atoms. The fourth-order valence-electron chi connectivity index (χ4n) is 3.95. The van der Waals surface area contributed by atoms with Crippen molar-refractivity contribution in [1.82, 2.24) is 15.3 Å². The average Bonchev–Trinajstić information content (AvgIpc) is 3.58. The number of methoxy groups -OCH3 is 1. The minimum absolute atomic E-state index is 0.0469. The van der Waals surface area contributed by atoms with E-state index < -0.39 is 29.9 Å². The van der Waals surface area contributed by atoms with E-state index in [1.54, 1.807) is 18.3 Å². The molecule has 0 bridgehead atoms. The second kappa shape index (κ2) is 8.32. The molecule has 2 unspecified atom stereocenters. The number of halogens is 4. The van der Waals surface area contributed by atoms with Crippen LogP contribution in [-0.4, -0.2) is 48.3 Å². The van der Waals surface area contributed by atoms with E-state index >= 15 is 0 Å². The molecule has 10 heteroatoms. The Labute approximate surface area is 176 Å². The summed E-state index contributed by atoms with van der Waals surface area (Å²) >= 11 is 0. The molecule has 6 nitrogen and oxygen atoms in total. The molecule has 1 aromatic heterocycles. The smallest absolute Gasteiger partial charge is 0.471 e. The number of carbonyl (C=O) groups excluding carboxylic acids is 1. The molecule has 0 radical (unpaired) electrons. The summed E-state index contributed by atoms with van der Waals surface area (Å²) in [6, 6.07) is 5.13. The van der Waals surface area contributed by atoms with E-state index in [-0.39, 0.29) is 12.3 Å². The van der Waals surface area contributed by atoms with Gasteiger partial charge >= 0.3 is 12.1 Å². The van der Waals surface area contributed by atoms with Crippen LogP contribution in [0.4, 0.5) is 23.4 Å². The third-order valence-corrected chi connectivity index (χ3v) is 5.72. The highest BCUT2D eigenvalue weighted by Crippen LogP contribution is 2.39. The van der Waals surface area contributed by atoms with Gasteiger partial charge in [-0.1, -0.05) is 6.07 Å². The van der Waals surface area contributed by atoms with Crippen molar-refractivity contribution in [2.45, 2.75) is 43.3 Å². The molecule has 1 saturated heterocycles. The van der Waals surface area contributed by atoms with Crippen LogP contribution in [0, 0.1) is 5.82 Å². The van der Waals surface area contributed by atoms with Gasteiger partial charge in [0.2, 0.25) is 0 Å². The highest BCUT2D eigenvalue weighted by molar-refractivity contribution is 5.82. The topological polar surface area (TPSA) is 67.3 Å². The first-order valence-corrected chi connectivity index (χ1v) is 10.0.